The van der Waals surface area contributed by atoms with Crippen LogP contribution in [0.4, 0.5) is 10.5 Å². The van der Waals surface area contributed by atoms with Crippen molar-refractivity contribution in [1.82, 2.24) is 10.2 Å². The Hall–Kier alpha value is -3.71. The summed E-state index contributed by atoms with van der Waals surface area (Å²) in [5, 5.41) is 2.97. The summed E-state index contributed by atoms with van der Waals surface area (Å²) in [6, 6.07) is 26.2. The minimum atomic E-state index is -0.419. The van der Waals surface area contributed by atoms with E-state index in [0.29, 0.717) is 6.54 Å². The topological polar surface area (TPSA) is 63.3 Å². The maximum atomic E-state index is 12.5. The second-order valence-electron chi connectivity index (χ2n) is 8.43. The van der Waals surface area contributed by atoms with Crippen LogP contribution in [0, 0.1) is 0 Å². The third-order valence-electron chi connectivity index (χ3n) is 6.31. The van der Waals surface area contributed by atoms with Crippen LogP contribution in [-0.2, 0) is 11.3 Å². The zero-order valence-electron chi connectivity index (χ0n) is 19.1. The van der Waals surface area contributed by atoms with E-state index in [0.717, 1.165) is 48.8 Å². The molecule has 3 aromatic carbocycles. The van der Waals surface area contributed by atoms with Crippen molar-refractivity contribution >= 4 is 11.8 Å². The van der Waals surface area contributed by atoms with Crippen molar-refractivity contribution in [3.63, 3.8) is 0 Å². The number of hydrogen-bond donors (Lipinski definition) is 1. The van der Waals surface area contributed by atoms with Gasteiger partial charge in [-0.25, -0.2) is 4.79 Å². The number of hydrogen-bond acceptors (Lipinski definition) is 6. The van der Waals surface area contributed by atoms with E-state index in [1.807, 2.05) is 48.5 Å². The molecule has 0 bridgehead atoms. The molecule has 2 aliphatic heterocycles. The van der Waals surface area contributed by atoms with Crippen molar-refractivity contribution in [2.75, 3.05) is 44.4 Å². The van der Waals surface area contributed by atoms with Crippen LogP contribution >= 0.6 is 0 Å². The molecule has 2 aliphatic rings. The highest BCUT2D eigenvalue weighted by Crippen LogP contribution is 2.35. The Morgan fingerprint density at radius 1 is 0.882 bits per heavy atom. The minimum Gasteiger partial charge on any atom is -0.454 e. The normalized spacial score (nSPS) is 16.2. The number of para-hydroxylation sites is 1. The molecule has 7 heteroatoms. The summed E-state index contributed by atoms with van der Waals surface area (Å²) in [5.74, 6) is 1.50. The summed E-state index contributed by atoms with van der Waals surface area (Å²) in [5.41, 5.74) is 3.28. The highest BCUT2D eigenvalue weighted by molar-refractivity contribution is 5.67. The van der Waals surface area contributed by atoms with Crippen LogP contribution in [0.25, 0.3) is 0 Å². The molecule has 1 N–H and O–H groups in total. The summed E-state index contributed by atoms with van der Waals surface area (Å²) in [4.78, 5) is 17.3. The maximum absolute atomic E-state index is 12.5. The highest BCUT2D eigenvalue weighted by atomic mass is 16.7. The molecular weight excluding hydrogens is 430 g/mol. The highest BCUT2D eigenvalue weighted by Gasteiger charge is 2.27. The van der Waals surface area contributed by atoms with E-state index in [4.69, 9.17) is 14.2 Å². The van der Waals surface area contributed by atoms with Gasteiger partial charge in [-0.3, -0.25) is 4.90 Å². The summed E-state index contributed by atoms with van der Waals surface area (Å²) in [6.45, 7) is 4.54. The molecule has 0 radical (unpaired) electrons. The first-order valence-corrected chi connectivity index (χ1v) is 11.6. The van der Waals surface area contributed by atoms with Crippen molar-refractivity contribution in [3.8, 4) is 11.5 Å². The fourth-order valence-electron chi connectivity index (χ4n) is 4.46. The smallest absolute Gasteiger partial charge is 0.407 e. The fourth-order valence-corrected chi connectivity index (χ4v) is 4.46. The lowest BCUT2D eigenvalue weighted by atomic mass is 10.0. The summed E-state index contributed by atoms with van der Waals surface area (Å²) in [7, 11) is 0. The van der Waals surface area contributed by atoms with Crippen molar-refractivity contribution < 1.29 is 19.0 Å². The molecular formula is C27H29N3O4. The first-order chi connectivity index (χ1) is 16.8. The van der Waals surface area contributed by atoms with Gasteiger partial charge in [-0.2, -0.15) is 0 Å². The van der Waals surface area contributed by atoms with Gasteiger partial charge in [0.25, 0.3) is 0 Å². The Bertz CT molecular complexity index is 1090. The number of benzene rings is 3. The minimum absolute atomic E-state index is 0.00306. The molecule has 3 aromatic rings. The monoisotopic (exact) mass is 459 g/mol. The van der Waals surface area contributed by atoms with Crippen LogP contribution in [0.5, 0.6) is 11.5 Å². The van der Waals surface area contributed by atoms with Gasteiger partial charge in [0, 0.05) is 38.4 Å². The lowest BCUT2D eigenvalue weighted by molar-refractivity contribution is 0.130. The Balaban J connectivity index is 1.25. The van der Waals surface area contributed by atoms with Crippen LogP contribution in [0.1, 0.15) is 17.2 Å². The molecule has 0 aliphatic carbocycles. The average molecular weight is 460 g/mol. The fraction of sp³-hybridized carbons (Fsp3) is 0.296. The van der Waals surface area contributed by atoms with E-state index in [9.17, 15) is 4.79 Å². The third-order valence-corrected chi connectivity index (χ3v) is 6.31. The standard InChI is InChI=1S/C27H29N3O4/c31-27(32-19-21-7-3-1-4-8-21)28-18-24(22-11-12-25-26(17-22)34-20-33-25)30-15-13-29(14-16-30)23-9-5-2-6-10-23/h1-12,17,24H,13-16,18-20H2,(H,28,31)/t24-/m1/s1. The number of amides is 1. The van der Waals surface area contributed by atoms with Crippen molar-refractivity contribution in [1.29, 1.82) is 0 Å². The Morgan fingerprint density at radius 2 is 1.59 bits per heavy atom. The summed E-state index contributed by atoms with van der Waals surface area (Å²) in [6.07, 6.45) is -0.419. The number of carbonyl (C=O) groups excluding carboxylic acids is 1. The summed E-state index contributed by atoms with van der Waals surface area (Å²) < 4.78 is 16.5. The van der Waals surface area contributed by atoms with Gasteiger partial charge in [0.15, 0.2) is 11.5 Å². The molecule has 5 rings (SSSR count). The zero-order valence-corrected chi connectivity index (χ0v) is 19.1. The molecule has 0 spiro atoms. The Kier molecular flexibility index (Phi) is 6.81. The molecule has 0 unspecified atom stereocenters. The van der Waals surface area contributed by atoms with Gasteiger partial charge in [-0.15, -0.1) is 0 Å². The summed E-state index contributed by atoms with van der Waals surface area (Å²) >= 11 is 0. The number of carbonyl (C=O) groups is 1. The van der Waals surface area contributed by atoms with Crippen LogP contribution in [0.15, 0.2) is 78.9 Å². The van der Waals surface area contributed by atoms with Crippen molar-refractivity contribution in [2.24, 2.45) is 0 Å². The van der Waals surface area contributed by atoms with E-state index >= 15 is 0 Å². The van der Waals surface area contributed by atoms with E-state index in [1.165, 1.54) is 5.69 Å². The van der Waals surface area contributed by atoms with Gasteiger partial charge >= 0.3 is 6.09 Å². The number of nitrogens with one attached hydrogen (secondary N) is 1. The van der Waals surface area contributed by atoms with Gasteiger partial charge in [0.2, 0.25) is 6.79 Å². The molecule has 34 heavy (non-hydrogen) atoms. The number of ether oxygens (including phenoxy) is 3. The SMILES string of the molecule is O=C(NC[C@H](c1ccc2c(c1)OCO2)N1CCN(c2ccccc2)CC1)OCc1ccccc1. The van der Waals surface area contributed by atoms with E-state index in [-0.39, 0.29) is 19.4 Å². The number of fused-ring (bicyclic) bond motifs is 1. The molecule has 1 saturated heterocycles. The largest absolute Gasteiger partial charge is 0.454 e. The number of nitrogens with zero attached hydrogens (tertiary/aromatic N) is 2. The van der Waals surface area contributed by atoms with Crippen molar-refractivity contribution in [3.05, 3.63) is 90.0 Å². The van der Waals surface area contributed by atoms with Gasteiger partial charge < -0.3 is 24.4 Å². The quantitative estimate of drug-likeness (QED) is 0.571. The Labute approximate surface area is 199 Å². The molecule has 7 nitrogen and oxygen atoms in total. The van der Waals surface area contributed by atoms with E-state index < -0.39 is 6.09 Å². The molecule has 0 aromatic heterocycles. The predicted octanol–water partition coefficient (Wildman–Crippen LogP) is 4.21. The van der Waals surface area contributed by atoms with Gasteiger partial charge in [0.1, 0.15) is 6.61 Å². The third kappa shape index (κ3) is 5.26. The van der Waals surface area contributed by atoms with Crippen molar-refractivity contribution in [2.45, 2.75) is 12.6 Å². The zero-order chi connectivity index (χ0) is 23.2. The number of alkyl carbamates (subject to hydrolysis) is 1. The molecule has 2 heterocycles. The van der Waals surface area contributed by atoms with Crippen LogP contribution in [-0.4, -0.2) is 50.5 Å². The first kappa shape index (κ1) is 22.1. The van der Waals surface area contributed by atoms with Crippen LogP contribution < -0.4 is 19.7 Å². The molecule has 1 amide bonds. The number of piperazine rings is 1. The van der Waals surface area contributed by atoms with Crippen LogP contribution in [0.2, 0.25) is 0 Å². The molecule has 1 fully saturated rings. The Morgan fingerprint density at radius 3 is 2.35 bits per heavy atom. The second kappa shape index (κ2) is 10.5. The van der Waals surface area contributed by atoms with Gasteiger partial charge in [0.05, 0.1) is 6.04 Å². The number of anilines is 1. The van der Waals surface area contributed by atoms with Gasteiger partial charge in [-0.1, -0.05) is 54.6 Å². The second-order valence-corrected chi connectivity index (χ2v) is 8.43. The van der Waals surface area contributed by atoms with Crippen LogP contribution in [0.3, 0.4) is 0 Å². The number of rotatable bonds is 7. The average Bonchev–Trinajstić information content (AvgIpc) is 3.37. The van der Waals surface area contributed by atoms with Gasteiger partial charge in [-0.05, 0) is 35.4 Å². The molecule has 0 saturated carbocycles. The molecule has 176 valence electrons. The van der Waals surface area contributed by atoms with E-state index in [2.05, 4.69) is 45.4 Å². The lowest BCUT2D eigenvalue weighted by Gasteiger charge is -2.40. The lowest BCUT2D eigenvalue weighted by Crippen LogP contribution is -2.50. The molecule has 1 atom stereocenters. The maximum Gasteiger partial charge on any atom is 0.407 e. The predicted molar refractivity (Wildman–Crippen MR) is 130 cm³/mol. The van der Waals surface area contributed by atoms with E-state index in [1.54, 1.807) is 0 Å². The first-order valence-electron chi connectivity index (χ1n) is 11.6.